The van der Waals surface area contributed by atoms with Gasteiger partial charge in [0.2, 0.25) is 5.91 Å². The second-order valence-corrected chi connectivity index (χ2v) is 10.1. The van der Waals surface area contributed by atoms with Crippen molar-refractivity contribution in [3.8, 4) is 18.1 Å². The lowest BCUT2D eigenvalue weighted by atomic mass is 10.1. The van der Waals surface area contributed by atoms with Crippen LogP contribution in [0.2, 0.25) is 0 Å². The van der Waals surface area contributed by atoms with Crippen LogP contribution >= 0.6 is 0 Å². The van der Waals surface area contributed by atoms with Gasteiger partial charge in [-0.05, 0) is 57.1 Å². The third-order valence-electron chi connectivity index (χ3n) is 7.31. The molecule has 1 aromatic heterocycles. The van der Waals surface area contributed by atoms with Crippen LogP contribution in [0.3, 0.4) is 0 Å². The second kappa shape index (κ2) is 13.4. The van der Waals surface area contributed by atoms with E-state index in [0.717, 1.165) is 75.3 Å². The molecule has 2 saturated heterocycles. The molecule has 9 heteroatoms. The number of rotatable bonds is 10. The first kappa shape index (κ1) is 27.6. The van der Waals surface area contributed by atoms with E-state index in [1.165, 1.54) is 6.33 Å². The first-order valence-corrected chi connectivity index (χ1v) is 13.8. The normalized spacial score (nSPS) is 18.1. The van der Waals surface area contributed by atoms with E-state index in [1.807, 2.05) is 42.5 Å². The number of terminal acetylenes is 1. The molecule has 2 aliphatic heterocycles. The molecule has 0 saturated carbocycles. The number of morpholine rings is 1. The standard InChI is InChI=1S/C31H36N6O3/c1-3-23-7-4-8-24(19-23)34-31-26-20-28(35-30(38)11-10-25-9-5-12-36(25)2)29(21-27(26)32-22-33-31)40-16-6-13-37-14-17-39-18-15-37/h1,4,7-8,10-11,19-22,25H,5-6,9,12-18H2,2H3,(H,35,38)(H,32,33,34)/b11-10+. The van der Waals surface area contributed by atoms with E-state index in [-0.39, 0.29) is 11.9 Å². The van der Waals surface area contributed by atoms with Crippen LogP contribution in [0, 0.1) is 12.3 Å². The van der Waals surface area contributed by atoms with Gasteiger partial charge in [-0.2, -0.15) is 0 Å². The van der Waals surface area contributed by atoms with Crippen molar-refractivity contribution < 1.29 is 14.3 Å². The second-order valence-electron chi connectivity index (χ2n) is 10.1. The molecule has 2 fully saturated rings. The predicted molar refractivity (Wildman–Crippen MR) is 158 cm³/mol. The summed E-state index contributed by atoms with van der Waals surface area (Å²) in [5.74, 6) is 3.64. The van der Waals surface area contributed by atoms with Gasteiger partial charge in [-0.3, -0.25) is 14.6 Å². The topological polar surface area (TPSA) is 91.9 Å². The van der Waals surface area contributed by atoms with Gasteiger partial charge >= 0.3 is 0 Å². The minimum Gasteiger partial charge on any atom is -0.491 e. The van der Waals surface area contributed by atoms with Gasteiger partial charge < -0.3 is 20.1 Å². The number of likely N-dealkylation sites (tertiary alicyclic amines) is 1. The van der Waals surface area contributed by atoms with E-state index in [4.69, 9.17) is 15.9 Å². The molecule has 2 aliphatic rings. The highest BCUT2D eigenvalue weighted by Crippen LogP contribution is 2.33. The number of likely N-dealkylation sites (N-methyl/N-ethyl adjacent to an activating group) is 1. The predicted octanol–water partition coefficient (Wildman–Crippen LogP) is 4.04. The van der Waals surface area contributed by atoms with Crippen LogP contribution in [-0.2, 0) is 9.53 Å². The molecule has 2 N–H and O–H groups in total. The largest absolute Gasteiger partial charge is 0.491 e. The minimum absolute atomic E-state index is 0.203. The molecule has 0 spiro atoms. The smallest absolute Gasteiger partial charge is 0.248 e. The van der Waals surface area contributed by atoms with Crippen LogP contribution in [0.4, 0.5) is 17.2 Å². The van der Waals surface area contributed by atoms with E-state index in [0.29, 0.717) is 29.4 Å². The maximum atomic E-state index is 13.0. The number of aromatic nitrogens is 2. The molecule has 40 heavy (non-hydrogen) atoms. The summed E-state index contributed by atoms with van der Waals surface area (Å²) >= 11 is 0. The van der Waals surface area contributed by atoms with Gasteiger partial charge in [0, 0.05) is 54.5 Å². The number of nitrogens with zero attached hydrogens (tertiary/aromatic N) is 4. The molecule has 1 unspecified atom stereocenters. The van der Waals surface area contributed by atoms with Crippen LogP contribution in [0.25, 0.3) is 10.9 Å². The Kier molecular flexibility index (Phi) is 9.24. The lowest BCUT2D eigenvalue weighted by Gasteiger charge is -2.26. The van der Waals surface area contributed by atoms with Gasteiger partial charge in [0.1, 0.15) is 17.9 Å². The molecule has 1 atom stereocenters. The van der Waals surface area contributed by atoms with Crippen molar-refractivity contribution in [1.29, 1.82) is 0 Å². The Bertz CT molecular complexity index is 1400. The molecule has 0 bridgehead atoms. The Hall–Kier alpha value is -3.97. The van der Waals surface area contributed by atoms with Crippen LogP contribution in [0.1, 0.15) is 24.8 Å². The molecule has 3 aromatic rings. The van der Waals surface area contributed by atoms with Gasteiger partial charge in [0.15, 0.2) is 0 Å². The Morgan fingerprint density at radius 3 is 2.90 bits per heavy atom. The molecule has 0 aliphatic carbocycles. The summed E-state index contributed by atoms with van der Waals surface area (Å²) in [5, 5.41) is 7.13. The number of hydrogen-bond donors (Lipinski definition) is 2. The fourth-order valence-corrected chi connectivity index (χ4v) is 5.07. The Labute approximate surface area is 235 Å². The number of amides is 1. The van der Waals surface area contributed by atoms with E-state index in [1.54, 1.807) is 6.08 Å². The highest BCUT2D eigenvalue weighted by Gasteiger charge is 2.19. The third kappa shape index (κ3) is 7.16. The summed E-state index contributed by atoms with van der Waals surface area (Å²) in [4.78, 5) is 26.6. The van der Waals surface area contributed by atoms with Gasteiger partial charge in [-0.25, -0.2) is 9.97 Å². The van der Waals surface area contributed by atoms with Crippen molar-refractivity contribution in [2.45, 2.75) is 25.3 Å². The quantitative estimate of drug-likeness (QED) is 0.226. The van der Waals surface area contributed by atoms with Crippen LogP contribution in [0.15, 0.2) is 54.9 Å². The molecule has 5 rings (SSSR count). The lowest BCUT2D eigenvalue weighted by molar-refractivity contribution is -0.112. The summed E-state index contributed by atoms with van der Waals surface area (Å²) in [6.07, 6.45) is 13.7. The summed E-state index contributed by atoms with van der Waals surface area (Å²) in [5.41, 5.74) is 2.86. The number of anilines is 3. The number of carbonyl (C=O) groups is 1. The molecule has 1 amide bonds. The van der Waals surface area contributed by atoms with Crippen molar-refractivity contribution in [2.75, 3.05) is 63.7 Å². The van der Waals surface area contributed by atoms with E-state index in [9.17, 15) is 4.79 Å². The number of benzene rings is 2. The Balaban J connectivity index is 1.37. The Morgan fingerprint density at radius 2 is 2.10 bits per heavy atom. The summed E-state index contributed by atoms with van der Waals surface area (Å²) < 4.78 is 11.7. The average Bonchev–Trinajstić information content (AvgIpc) is 3.39. The Morgan fingerprint density at radius 1 is 1.23 bits per heavy atom. The molecule has 3 heterocycles. The summed E-state index contributed by atoms with van der Waals surface area (Å²) in [7, 11) is 2.08. The third-order valence-corrected chi connectivity index (χ3v) is 7.31. The average molecular weight is 541 g/mol. The first-order chi connectivity index (χ1) is 19.6. The van der Waals surface area contributed by atoms with Crippen molar-refractivity contribution in [3.63, 3.8) is 0 Å². The summed E-state index contributed by atoms with van der Waals surface area (Å²) in [6.45, 7) is 5.92. The minimum atomic E-state index is -0.203. The fraction of sp³-hybridized carbons (Fsp3) is 0.387. The van der Waals surface area contributed by atoms with Crippen LogP contribution < -0.4 is 15.4 Å². The van der Waals surface area contributed by atoms with Gasteiger partial charge in [-0.15, -0.1) is 6.42 Å². The number of hydrogen-bond acceptors (Lipinski definition) is 8. The molecular weight excluding hydrogens is 504 g/mol. The number of ether oxygens (including phenoxy) is 2. The zero-order valence-corrected chi connectivity index (χ0v) is 22.9. The van der Waals surface area contributed by atoms with Gasteiger partial charge in [0.25, 0.3) is 0 Å². The van der Waals surface area contributed by atoms with Gasteiger partial charge in [0.05, 0.1) is 31.0 Å². The molecule has 9 nitrogen and oxygen atoms in total. The van der Waals surface area contributed by atoms with E-state index < -0.39 is 0 Å². The van der Waals surface area contributed by atoms with Crippen molar-refractivity contribution >= 4 is 34.0 Å². The van der Waals surface area contributed by atoms with E-state index in [2.05, 4.69) is 43.4 Å². The van der Waals surface area contributed by atoms with Crippen molar-refractivity contribution in [2.24, 2.45) is 0 Å². The van der Waals surface area contributed by atoms with E-state index >= 15 is 0 Å². The SMILES string of the molecule is C#Cc1cccc(Nc2ncnc3cc(OCCCN4CCOCC4)c(NC(=O)/C=C/C4CCCN4C)cc23)c1. The summed E-state index contributed by atoms with van der Waals surface area (Å²) in [6, 6.07) is 11.6. The maximum Gasteiger partial charge on any atom is 0.248 e. The van der Waals surface area contributed by atoms with Crippen molar-refractivity contribution in [3.05, 3.63) is 60.4 Å². The highest BCUT2D eigenvalue weighted by atomic mass is 16.5. The van der Waals surface area contributed by atoms with Crippen LogP contribution in [0.5, 0.6) is 5.75 Å². The first-order valence-electron chi connectivity index (χ1n) is 13.8. The monoisotopic (exact) mass is 540 g/mol. The zero-order chi connectivity index (χ0) is 27.7. The lowest BCUT2D eigenvalue weighted by Crippen LogP contribution is -2.37. The fourth-order valence-electron chi connectivity index (χ4n) is 5.07. The van der Waals surface area contributed by atoms with Crippen LogP contribution in [-0.4, -0.2) is 84.8 Å². The molecular formula is C31H36N6O3. The molecule has 0 radical (unpaired) electrons. The zero-order valence-electron chi connectivity index (χ0n) is 22.9. The highest BCUT2D eigenvalue weighted by molar-refractivity contribution is 6.03. The number of nitrogens with one attached hydrogen (secondary N) is 2. The van der Waals surface area contributed by atoms with Crippen molar-refractivity contribution in [1.82, 2.24) is 19.8 Å². The molecule has 2 aromatic carbocycles. The maximum absolute atomic E-state index is 13.0. The number of carbonyl (C=O) groups excluding carboxylic acids is 1. The number of fused-ring (bicyclic) bond motifs is 1. The van der Waals surface area contributed by atoms with Gasteiger partial charge in [-0.1, -0.05) is 18.1 Å². The molecule has 208 valence electrons.